The first-order valence-corrected chi connectivity index (χ1v) is 7.31. The maximum Gasteiger partial charge on any atom is 0.249 e. The Morgan fingerprint density at radius 2 is 1.90 bits per heavy atom. The molecule has 0 radical (unpaired) electrons. The van der Waals surface area contributed by atoms with E-state index in [2.05, 4.69) is 17.2 Å². The predicted molar refractivity (Wildman–Crippen MR) is 80.7 cm³/mol. The first-order chi connectivity index (χ1) is 10.1. The lowest BCUT2D eigenvalue weighted by molar-refractivity contribution is -0.135. The van der Waals surface area contributed by atoms with Crippen molar-refractivity contribution in [2.24, 2.45) is 11.3 Å². The van der Waals surface area contributed by atoms with E-state index in [0.29, 0.717) is 19.4 Å². The van der Waals surface area contributed by atoms with Gasteiger partial charge in [-0.3, -0.25) is 15.0 Å². The zero-order valence-corrected chi connectivity index (χ0v) is 12.1. The normalized spacial score (nSPS) is 19.0. The highest BCUT2D eigenvalue weighted by Crippen LogP contribution is 2.49. The maximum atomic E-state index is 12.8. The molecule has 2 aliphatic rings. The molecular weight excluding hydrogens is 268 g/mol. The Morgan fingerprint density at radius 1 is 1.24 bits per heavy atom. The summed E-state index contributed by atoms with van der Waals surface area (Å²) < 4.78 is 0. The highest BCUT2D eigenvalue weighted by Gasteiger charge is 2.58. The minimum atomic E-state index is -0.948. The number of hydrogen-bond donors (Lipinski definition) is 2. The number of nitrogens with zero attached hydrogens (tertiary/aromatic N) is 2. The van der Waals surface area contributed by atoms with Gasteiger partial charge in [0.05, 0.1) is 11.4 Å². The van der Waals surface area contributed by atoms with Gasteiger partial charge in [0, 0.05) is 19.6 Å². The number of carbonyl (C=O) groups excluding carboxylic acids is 2. The quantitative estimate of drug-likeness (QED) is 0.370. The van der Waals surface area contributed by atoms with Crippen LogP contribution in [0.15, 0.2) is 24.3 Å². The molecule has 3 rings (SSSR count). The Bertz CT molecular complexity index is 583. The minimum absolute atomic E-state index is 0.131. The highest BCUT2D eigenvalue weighted by atomic mass is 16.2. The van der Waals surface area contributed by atoms with Crippen molar-refractivity contribution in [1.29, 1.82) is 0 Å². The van der Waals surface area contributed by atoms with Gasteiger partial charge in [-0.05, 0) is 31.9 Å². The van der Waals surface area contributed by atoms with E-state index in [0.717, 1.165) is 24.5 Å². The summed E-state index contributed by atoms with van der Waals surface area (Å²) in [7, 11) is 0. The maximum absolute atomic E-state index is 12.8. The van der Waals surface area contributed by atoms with Crippen LogP contribution >= 0.6 is 0 Å². The lowest BCUT2D eigenvalue weighted by Gasteiger charge is -2.38. The molecule has 1 saturated carbocycles. The summed E-state index contributed by atoms with van der Waals surface area (Å²) in [5.41, 5.74) is 3.11. The van der Waals surface area contributed by atoms with Crippen molar-refractivity contribution in [3.8, 4) is 0 Å². The third kappa shape index (κ3) is 2.06. The van der Waals surface area contributed by atoms with Crippen molar-refractivity contribution < 1.29 is 9.59 Å². The summed E-state index contributed by atoms with van der Waals surface area (Å²) in [6.45, 7) is 4.37. The van der Waals surface area contributed by atoms with Gasteiger partial charge in [0.25, 0.3) is 0 Å². The van der Waals surface area contributed by atoms with Crippen LogP contribution in [0.2, 0.25) is 0 Å². The van der Waals surface area contributed by atoms with E-state index in [-0.39, 0.29) is 11.8 Å². The molecule has 1 heterocycles. The van der Waals surface area contributed by atoms with Crippen molar-refractivity contribution in [3.05, 3.63) is 24.3 Å². The van der Waals surface area contributed by atoms with E-state index in [1.54, 1.807) is 4.90 Å². The average molecular weight is 288 g/mol. The summed E-state index contributed by atoms with van der Waals surface area (Å²) in [4.78, 5) is 28.7. The number of rotatable bonds is 3. The number of anilines is 2. The summed E-state index contributed by atoms with van der Waals surface area (Å²) in [5, 5.41) is 0. The largest absolute Gasteiger partial charge is 0.368 e. The number of benzene rings is 1. The van der Waals surface area contributed by atoms with E-state index in [1.807, 2.05) is 24.3 Å². The van der Waals surface area contributed by atoms with E-state index in [9.17, 15) is 9.59 Å². The lowest BCUT2D eigenvalue weighted by atomic mass is 10.0. The Balaban J connectivity index is 1.94. The summed E-state index contributed by atoms with van der Waals surface area (Å²) >= 11 is 0. The first-order valence-electron chi connectivity index (χ1n) is 7.31. The molecule has 1 aliphatic carbocycles. The second-order valence-electron chi connectivity index (χ2n) is 5.58. The highest BCUT2D eigenvalue weighted by molar-refractivity contribution is 6.15. The van der Waals surface area contributed by atoms with Gasteiger partial charge in [-0.15, -0.1) is 0 Å². The molecular formula is C15H20N4O2. The van der Waals surface area contributed by atoms with Gasteiger partial charge < -0.3 is 9.80 Å². The zero-order valence-electron chi connectivity index (χ0n) is 12.1. The molecule has 1 aliphatic heterocycles. The minimum Gasteiger partial charge on any atom is -0.368 e. The SMILES string of the molecule is CCN1CCN(C(=O)C2(C(=O)NN)CC2)c2ccccc21. The Morgan fingerprint density at radius 3 is 2.48 bits per heavy atom. The van der Waals surface area contributed by atoms with Gasteiger partial charge in [0.2, 0.25) is 11.8 Å². The van der Waals surface area contributed by atoms with Crippen LogP contribution in [0.1, 0.15) is 19.8 Å². The first kappa shape index (κ1) is 13.9. The van der Waals surface area contributed by atoms with Crippen LogP contribution in [-0.2, 0) is 9.59 Å². The monoisotopic (exact) mass is 288 g/mol. The van der Waals surface area contributed by atoms with E-state index in [4.69, 9.17) is 5.84 Å². The topological polar surface area (TPSA) is 78.7 Å². The molecule has 1 aromatic carbocycles. The van der Waals surface area contributed by atoms with Crippen LogP contribution in [0.4, 0.5) is 11.4 Å². The second-order valence-corrected chi connectivity index (χ2v) is 5.58. The molecule has 1 fully saturated rings. The third-order valence-corrected chi connectivity index (χ3v) is 4.46. The summed E-state index contributed by atoms with van der Waals surface area (Å²) in [6.07, 6.45) is 1.15. The molecule has 0 unspecified atom stereocenters. The molecule has 0 atom stereocenters. The lowest BCUT2D eigenvalue weighted by Crippen LogP contribution is -2.51. The number of carbonyl (C=O) groups is 2. The van der Waals surface area contributed by atoms with Crippen LogP contribution in [0, 0.1) is 5.41 Å². The molecule has 21 heavy (non-hydrogen) atoms. The number of para-hydroxylation sites is 2. The predicted octanol–water partition coefficient (Wildman–Crippen LogP) is 0.630. The number of amides is 2. The zero-order chi connectivity index (χ0) is 15.0. The fourth-order valence-electron chi connectivity index (χ4n) is 3.02. The smallest absolute Gasteiger partial charge is 0.249 e. The molecule has 1 aromatic rings. The van der Waals surface area contributed by atoms with Gasteiger partial charge in [-0.1, -0.05) is 12.1 Å². The summed E-state index contributed by atoms with van der Waals surface area (Å²) in [5.74, 6) is 4.72. The van der Waals surface area contributed by atoms with Crippen LogP contribution < -0.4 is 21.1 Å². The molecule has 6 nitrogen and oxygen atoms in total. The molecule has 0 bridgehead atoms. The Labute approximate surface area is 123 Å². The molecule has 0 saturated heterocycles. The summed E-state index contributed by atoms with van der Waals surface area (Å²) in [6, 6.07) is 7.84. The van der Waals surface area contributed by atoms with Crippen LogP contribution in [-0.4, -0.2) is 31.4 Å². The number of hydrogen-bond acceptors (Lipinski definition) is 4. The molecule has 0 aromatic heterocycles. The molecule has 2 amide bonds. The van der Waals surface area contributed by atoms with Crippen molar-refractivity contribution in [3.63, 3.8) is 0 Å². The Kier molecular flexibility index (Phi) is 3.33. The number of hydrazine groups is 1. The third-order valence-electron chi connectivity index (χ3n) is 4.46. The number of fused-ring (bicyclic) bond motifs is 1. The van der Waals surface area contributed by atoms with Crippen molar-refractivity contribution in [2.75, 3.05) is 29.4 Å². The standard InChI is InChI=1S/C15H20N4O2/c1-2-18-9-10-19(12-6-4-3-5-11(12)18)14(21)15(7-8-15)13(20)17-16/h3-6H,2,7-10,16H2,1H3,(H,17,20). The number of nitrogens with one attached hydrogen (secondary N) is 1. The van der Waals surface area contributed by atoms with Gasteiger partial charge >= 0.3 is 0 Å². The van der Waals surface area contributed by atoms with Gasteiger partial charge in [0.15, 0.2) is 0 Å². The van der Waals surface area contributed by atoms with Crippen molar-refractivity contribution in [1.82, 2.24) is 5.43 Å². The molecule has 6 heteroatoms. The molecule has 112 valence electrons. The fourth-order valence-corrected chi connectivity index (χ4v) is 3.02. The van der Waals surface area contributed by atoms with Gasteiger partial charge in [-0.2, -0.15) is 0 Å². The number of likely N-dealkylation sites (N-methyl/N-ethyl adjacent to an activating group) is 1. The van der Waals surface area contributed by atoms with Crippen LogP contribution in [0.25, 0.3) is 0 Å². The van der Waals surface area contributed by atoms with E-state index in [1.165, 1.54) is 0 Å². The van der Waals surface area contributed by atoms with Crippen molar-refractivity contribution in [2.45, 2.75) is 19.8 Å². The van der Waals surface area contributed by atoms with E-state index < -0.39 is 5.41 Å². The van der Waals surface area contributed by atoms with Crippen molar-refractivity contribution >= 4 is 23.2 Å². The molecule has 0 spiro atoms. The van der Waals surface area contributed by atoms with Crippen LogP contribution in [0.3, 0.4) is 0 Å². The van der Waals surface area contributed by atoms with Gasteiger partial charge in [0.1, 0.15) is 5.41 Å². The molecule has 3 N–H and O–H groups in total. The van der Waals surface area contributed by atoms with E-state index >= 15 is 0 Å². The van der Waals surface area contributed by atoms with Crippen LogP contribution in [0.5, 0.6) is 0 Å². The van der Waals surface area contributed by atoms with Gasteiger partial charge in [-0.25, -0.2) is 5.84 Å². The fraction of sp³-hybridized carbons (Fsp3) is 0.467. The average Bonchev–Trinajstić information content (AvgIpc) is 3.34. The number of nitrogens with two attached hydrogens (primary N) is 1. The second kappa shape index (κ2) is 5.04. The Hall–Kier alpha value is -2.08.